The average molecular weight is 354 g/mol. The molecule has 0 heterocycles. The molecule has 0 saturated carbocycles. The van der Waals surface area contributed by atoms with Crippen molar-refractivity contribution < 1.29 is 8.42 Å². The molecule has 2 rings (SSSR count). The maximum atomic E-state index is 12.7. The zero-order valence-electron chi connectivity index (χ0n) is 11.2. The first-order valence-corrected chi connectivity index (χ1v) is 8.88. The van der Waals surface area contributed by atoms with Crippen LogP contribution in [0.1, 0.15) is 12.5 Å². The molecule has 0 spiro atoms. The van der Waals surface area contributed by atoms with Crippen molar-refractivity contribution in [1.82, 2.24) is 0 Å². The molecule has 0 saturated heterocycles. The Bertz CT molecular complexity index is 654. The Labute approximate surface area is 128 Å². The largest absolute Gasteiger partial charge is 0.267 e. The molecule has 20 heavy (non-hydrogen) atoms. The van der Waals surface area contributed by atoms with Crippen LogP contribution in [-0.2, 0) is 15.4 Å². The van der Waals surface area contributed by atoms with E-state index in [9.17, 15) is 8.42 Å². The van der Waals surface area contributed by atoms with Crippen LogP contribution in [0, 0.1) is 0 Å². The van der Waals surface area contributed by atoms with Gasteiger partial charge in [0.15, 0.2) is 0 Å². The Morgan fingerprint density at radius 1 is 1.00 bits per heavy atom. The first kappa shape index (κ1) is 15.1. The van der Waals surface area contributed by atoms with Crippen LogP contribution in [0.4, 0.5) is 5.69 Å². The normalized spacial score (nSPS) is 11.3. The summed E-state index contributed by atoms with van der Waals surface area (Å²) in [7, 11) is -3.51. The van der Waals surface area contributed by atoms with E-state index in [2.05, 4.69) is 15.9 Å². The van der Waals surface area contributed by atoms with E-state index < -0.39 is 10.0 Å². The Balaban J connectivity index is 2.41. The van der Waals surface area contributed by atoms with Crippen LogP contribution < -0.4 is 4.31 Å². The highest BCUT2D eigenvalue weighted by Gasteiger charge is 2.23. The Hall–Kier alpha value is -1.33. The first-order valence-electron chi connectivity index (χ1n) is 6.32. The maximum absolute atomic E-state index is 12.7. The van der Waals surface area contributed by atoms with Crippen LogP contribution in [0.2, 0.25) is 0 Å². The minimum atomic E-state index is -3.51. The smallest absolute Gasteiger partial charge is 0.264 e. The first-order chi connectivity index (χ1) is 9.59. The second kappa shape index (κ2) is 6.41. The van der Waals surface area contributed by atoms with E-state index in [0.717, 1.165) is 5.56 Å². The van der Waals surface area contributed by atoms with E-state index in [1.54, 1.807) is 24.3 Å². The number of alkyl halides is 1. The second-order valence-electron chi connectivity index (χ2n) is 4.28. The quantitative estimate of drug-likeness (QED) is 0.766. The second-order valence-corrected chi connectivity index (χ2v) is 6.71. The van der Waals surface area contributed by atoms with Gasteiger partial charge in [0, 0.05) is 11.9 Å². The van der Waals surface area contributed by atoms with Gasteiger partial charge in [0.1, 0.15) is 0 Å². The third-order valence-corrected chi connectivity index (χ3v) is 5.56. The molecule has 0 N–H and O–H groups in total. The lowest BCUT2D eigenvalue weighted by Crippen LogP contribution is -2.30. The van der Waals surface area contributed by atoms with Crippen molar-refractivity contribution in [3.63, 3.8) is 0 Å². The summed E-state index contributed by atoms with van der Waals surface area (Å²) in [6, 6.07) is 16.1. The van der Waals surface area contributed by atoms with Crippen LogP contribution >= 0.6 is 15.9 Å². The van der Waals surface area contributed by atoms with Crippen molar-refractivity contribution in [3.8, 4) is 0 Å². The zero-order valence-corrected chi connectivity index (χ0v) is 13.6. The molecule has 0 fully saturated rings. The van der Waals surface area contributed by atoms with Gasteiger partial charge in [0.05, 0.1) is 10.6 Å². The van der Waals surface area contributed by atoms with Crippen molar-refractivity contribution in [3.05, 3.63) is 60.2 Å². The molecular weight excluding hydrogens is 338 g/mol. The number of sulfonamides is 1. The molecule has 0 bridgehead atoms. The molecule has 2 aromatic carbocycles. The summed E-state index contributed by atoms with van der Waals surface area (Å²) < 4.78 is 26.8. The van der Waals surface area contributed by atoms with Crippen molar-refractivity contribution >= 4 is 31.6 Å². The van der Waals surface area contributed by atoms with Crippen LogP contribution in [0.25, 0.3) is 0 Å². The van der Waals surface area contributed by atoms with Gasteiger partial charge in [-0.3, -0.25) is 4.31 Å². The van der Waals surface area contributed by atoms with Crippen LogP contribution in [-0.4, -0.2) is 15.0 Å². The third kappa shape index (κ3) is 3.04. The molecule has 0 aliphatic heterocycles. The molecule has 0 unspecified atom stereocenters. The van der Waals surface area contributed by atoms with Gasteiger partial charge in [-0.25, -0.2) is 8.42 Å². The fraction of sp³-hybridized carbons (Fsp3) is 0.200. The summed E-state index contributed by atoms with van der Waals surface area (Å²) in [4.78, 5) is 0.313. The van der Waals surface area contributed by atoms with Crippen LogP contribution in [0.3, 0.4) is 0 Å². The molecule has 3 nitrogen and oxygen atoms in total. The lowest BCUT2D eigenvalue weighted by molar-refractivity contribution is 0.592. The van der Waals surface area contributed by atoms with E-state index in [1.807, 2.05) is 37.3 Å². The summed E-state index contributed by atoms with van der Waals surface area (Å²) in [6.45, 7) is 2.23. The molecule has 0 aromatic heterocycles. The fourth-order valence-electron chi connectivity index (χ4n) is 1.96. The molecule has 0 aliphatic carbocycles. The highest BCUT2D eigenvalue weighted by Crippen LogP contribution is 2.23. The molecule has 5 heteroatoms. The van der Waals surface area contributed by atoms with Crippen LogP contribution in [0.15, 0.2) is 59.5 Å². The molecule has 0 aliphatic rings. The fourth-order valence-corrected chi connectivity index (χ4v) is 3.81. The molecule has 0 amide bonds. The molecule has 0 radical (unpaired) electrons. The summed E-state index contributed by atoms with van der Waals surface area (Å²) in [5.74, 6) is 0. The Kier molecular flexibility index (Phi) is 4.83. The predicted octanol–water partition coefficient (Wildman–Crippen LogP) is 3.80. The van der Waals surface area contributed by atoms with Gasteiger partial charge in [-0.15, -0.1) is 0 Å². The van der Waals surface area contributed by atoms with E-state index in [0.29, 0.717) is 22.5 Å². The highest BCUT2D eigenvalue weighted by atomic mass is 79.9. The lowest BCUT2D eigenvalue weighted by atomic mass is 10.2. The monoisotopic (exact) mass is 353 g/mol. The van der Waals surface area contributed by atoms with Gasteiger partial charge in [0.2, 0.25) is 0 Å². The van der Waals surface area contributed by atoms with Gasteiger partial charge < -0.3 is 0 Å². The number of benzene rings is 2. The van der Waals surface area contributed by atoms with E-state index >= 15 is 0 Å². The number of para-hydroxylation sites is 1. The number of halogens is 1. The Morgan fingerprint density at radius 2 is 1.60 bits per heavy atom. The maximum Gasteiger partial charge on any atom is 0.264 e. The summed E-state index contributed by atoms with van der Waals surface area (Å²) in [6.07, 6.45) is 0. The molecule has 106 valence electrons. The number of hydrogen-bond donors (Lipinski definition) is 0. The number of anilines is 1. The minimum Gasteiger partial charge on any atom is -0.267 e. The summed E-state index contributed by atoms with van der Waals surface area (Å²) in [5.41, 5.74) is 1.73. The highest BCUT2D eigenvalue weighted by molar-refractivity contribution is 9.08. The molecule has 0 atom stereocenters. The number of hydrogen-bond acceptors (Lipinski definition) is 2. The average Bonchev–Trinajstić information content (AvgIpc) is 2.49. The summed E-state index contributed by atoms with van der Waals surface area (Å²) >= 11 is 3.35. The lowest BCUT2D eigenvalue weighted by Gasteiger charge is -2.22. The number of rotatable bonds is 5. The van der Waals surface area contributed by atoms with Crippen LogP contribution in [0.5, 0.6) is 0 Å². The Morgan fingerprint density at radius 3 is 2.10 bits per heavy atom. The molecule has 2 aromatic rings. The van der Waals surface area contributed by atoms with E-state index in [4.69, 9.17) is 0 Å². The zero-order chi connectivity index (χ0) is 14.6. The standard InChI is InChI=1S/C15H16BrNO2S/c1-2-17(14-6-4-3-5-7-14)20(18,19)15-10-8-13(12-16)9-11-15/h3-11H,2,12H2,1H3. The van der Waals surface area contributed by atoms with Crippen molar-refractivity contribution in [2.24, 2.45) is 0 Å². The van der Waals surface area contributed by atoms with Gasteiger partial charge in [-0.2, -0.15) is 0 Å². The SMILES string of the molecule is CCN(c1ccccc1)S(=O)(=O)c1ccc(CBr)cc1. The van der Waals surface area contributed by atoms with Crippen molar-refractivity contribution in [1.29, 1.82) is 0 Å². The summed E-state index contributed by atoms with van der Waals surface area (Å²) in [5, 5.41) is 0.712. The van der Waals surface area contributed by atoms with Crippen molar-refractivity contribution in [2.45, 2.75) is 17.1 Å². The van der Waals surface area contributed by atoms with E-state index in [1.165, 1.54) is 4.31 Å². The van der Waals surface area contributed by atoms with Gasteiger partial charge >= 0.3 is 0 Å². The topological polar surface area (TPSA) is 37.4 Å². The molecular formula is C15H16BrNO2S. The predicted molar refractivity (Wildman–Crippen MR) is 85.7 cm³/mol. The van der Waals surface area contributed by atoms with Gasteiger partial charge in [-0.05, 0) is 36.8 Å². The van der Waals surface area contributed by atoms with E-state index in [-0.39, 0.29) is 0 Å². The van der Waals surface area contributed by atoms with Gasteiger partial charge in [0.25, 0.3) is 10.0 Å². The third-order valence-electron chi connectivity index (χ3n) is 3.00. The van der Waals surface area contributed by atoms with Gasteiger partial charge in [-0.1, -0.05) is 46.3 Å². The van der Waals surface area contributed by atoms with Crippen molar-refractivity contribution in [2.75, 3.05) is 10.8 Å². The minimum absolute atomic E-state index is 0.313. The number of nitrogens with zero attached hydrogens (tertiary/aromatic N) is 1.